The normalized spacial score (nSPS) is 22.1. The van der Waals surface area contributed by atoms with Gasteiger partial charge < -0.3 is 5.32 Å². The van der Waals surface area contributed by atoms with Crippen LogP contribution in [0.4, 0.5) is 5.69 Å². The van der Waals surface area contributed by atoms with Gasteiger partial charge in [-0.25, -0.2) is 13.1 Å². The van der Waals surface area contributed by atoms with Crippen LogP contribution in [0.5, 0.6) is 0 Å². The standard InChI is InChI=1S/C18H26N2O2S2/c1-13(2)24(21,22)20-16-5-3-14(4-6-16)12-19-17-7-8-18-15(11-17)9-10-23-18/h7-11,13-14,16,19-20H,3-6,12H2,1-2H3/t14-,16-. The molecule has 6 heteroatoms. The average molecular weight is 367 g/mol. The zero-order valence-electron chi connectivity index (χ0n) is 14.3. The molecule has 0 bridgehead atoms. The average Bonchev–Trinajstić information content (AvgIpc) is 3.01. The number of hydrogen-bond acceptors (Lipinski definition) is 4. The highest BCUT2D eigenvalue weighted by Crippen LogP contribution is 2.27. The van der Waals surface area contributed by atoms with Crippen LogP contribution in [0.2, 0.25) is 0 Å². The number of benzene rings is 1. The Morgan fingerprint density at radius 1 is 1.17 bits per heavy atom. The molecule has 0 spiro atoms. The second-order valence-corrected chi connectivity index (χ2v) is 10.2. The van der Waals surface area contributed by atoms with E-state index in [4.69, 9.17) is 0 Å². The zero-order chi connectivity index (χ0) is 17.2. The van der Waals surface area contributed by atoms with Crippen molar-refractivity contribution < 1.29 is 8.42 Å². The first-order chi connectivity index (χ1) is 11.4. The van der Waals surface area contributed by atoms with Crippen LogP contribution in [0.15, 0.2) is 29.6 Å². The Morgan fingerprint density at radius 2 is 1.92 bits per heavy atom. The van der Waals surface area contributed by atoms with Crippen LogP contribution in [-0.2, 0) is 10.0 Å². The van der Waals surface area contributed by atoms with Crippen molar-refractivity contribution in [2.45, 2.75) is 50.8 Å². The highest BCUT2D eigenvalue weighted by molar-refractivity contribution is 7.90. The summed E-state index contributed by atoms with van der Waals surface area (Å²) < 4.78 is 28.1. The predicted molar refractivity (Wildman–Crippen MR) is 103 cm³/mol. The minimum absolute atomic E-state index is 0.107. The van der Waals surface area contributed by atoms with Crippen molar-refractivity contribution in [1.29, 1.82) is 0 Å². The van der Waals surface area contributed by atoms with Crippen molar-refractivity contribution in [2.75, 3.05) is 11.9 Å². The van der Waals surface area contributed by atoms with E-state index in [0.717, 1.165) is 32.2 Å². The molecule has 24 heavy (non-hydrogen) atoms. The van der Waals surface area contributed by atoms with E-state index >= 15 is 0 Å². The zero-order valence-corrected chi connectivity index (χ0v) is 15.9. The lowest BCUT2D eigenvalue weighted by molar-refractivity contribution is 0.323. The van der Waals surface area contributed by atoms with Crippen molar-refractivity contribution in [3.05, 3.63) is 29.6 Å². The smallest absolute Gasteiger partial charge is 0.214 e. The van der Waals surface area contributed by atoms with Gasteiger partial charge in [-0.3, -0.25) is 0 Å². The van der Waals surface area contributed by atoms with Crippen molar-refractivity contribution in [3.8, 4) is 0 Å². The molecule has 1 heterocycles. The van der Waals surface area contributed by atoms with E-state index in [1.807, 2.05) is 0 Å². The van der Waals surface area contributed by atoms with E-state index in [-0.39, 0.29) is 11.3 Å². The molecule has 3 rings (SSSR count). The van der Waals surface area contributed by atoms with E-state index < -0.39 is 10.0 Å². The molecule has 1 aromatic carbocycles. The molecule has 1 saturated carbocycles. The first kappa shape index (κ1) is 17.7. The molecule has 132 valence electrons. The van der Waals surface area contributed by atoms with Gasteiger partial charge in [-0.05, 0) is 80.5 Å². The molecule has 1 aliphatic carbocycles. The minimum atomic E-state index is -3.15. The van der Waals surface area contributed by atoms with Crippen molar-refractivity contribution >= 4 is 37.1 Å². The largest absolute Gasteiger partial charge is 0.385 e. The van der Waals surface area contributed by atoms with E-state index in [0.29, 0.717) is 5.92 Å². The van der Waals surface area contributed by atoms with Gasteiger partial charge in [-0.15, -0.1) is 11.3 Å². The maximum absolute atomic E-state index is 12.0. The van der Waals surface area contributed by atoms with Crippen LogP contribution in [0.1, 0.15) is 39.5 Å². The molecule has 2 aromatic rings. The highest BCUT2D eigenvalue weighted by atomic mass is 32.2. The van der Waals surface area contributed by atoms with Gasteiger partial charge in [-0.2, -0.15) is 0 Å². The number of fused-ring (bicyclic) bond motifs is 1. The van der Waals surface area contributed by atoms with Gasteiger partial charge in [0.25, 0.3) is 0 Å². The van der Waals surface area contributed by atoms with Gasteiger partial charge in [0, 0.05) is 23.0 Å². The summed E-state index contributed by atoms with van der Waals surface area (Å²) in [6.07, 6.45) is 4.00. The molecular weight excluding hydrogens is 340 g/mol. The predicted octanol–water partition coefficient (Wildman–Crippen LogP) is 4.20. The third-order valence-corrected chi connectivity index (χ3v) is 7.65. The Labute approximate surface area is 148 Å². The molecule has 1 aromatic heterocycles. The Bertz CT molecular complexity index is 775. The maximum Gasteiger partial charge on any atom is 0.214 e. The van der Waals surface area contributed by atoms with E-state index in [1.165, 1.54) is 15.8 Å². The topological polar surface area (TPSA) is 58.2 Å². The lowest BCUT2D eigenvalue weighted by Gasteiger charge is -2.29. The summed E-state index contributed by atoms with van der Waals surface area (Å²) in [6.45, 7) is 4.41. The first-order valence-corrected chi connectivity index (χ1v) is 11.1. The van der Waals surface area contributed by atoms with Gasteiger partial charge >= 0.3 is 0 Å². The van der Waals surface area contributed by atoms with E-state index in [9.17, 15) is 8.42 Å². The summed E-state index contributed by atoms with van der Waals surface area (Å²) in [5.74, 6) is 0.614. The van der Waals surface area contributed by atoms with Crippen LogP contribution in [0.25, 0.3) is 10.1 Å². The van der Waals surface area contributed by atoms with Crippen LogP contribution >= 0.6 is 11.3 Å². The van der Waals surface area contributed by atoms with Crippen LogP contribution in [-0.4, -0.2) is 26.3 Å². The molecule has 2 N–H and O–H groups in total. The third kappa shape index (κ3) is 4.29. The summed E-state index contributed by atoms with van der Waals surface area (Å²) in [6, 6.07) is 8.77. The molecule has 0 unspecified atom stereocenters. The number of anilines is 1. The number of hydrogen-bond donors (Lipinski definition) is 2. The second-order valence-electron chi connectivity index (χ2n) is 6.98. The van der Waals surface area contributed by atoms with Gasteiger partial charge in [0.15, 0.2) is 0 Å². The Morgan fingerprint density at radius 3 is 2.62 bits per heavy atom. The maximum atomic E-state index is 12.0. The molecule has 4 nitrogen and oxygen atoms in total. The van der Waals surface area contributed by atoms with Crippen LogP contribution < -0.4 is 10.0 Å². The van der Waals surface area contributed by atoms with Crippen molar-refractivity contribution in [2.24, 2.45) is 5.92 Å². The van der Waals surface area contributed by atoms with E-state index in [2.05, 4.69) is 39.7 Å². The Hall–Kier alpha value is -1.11. The summed E-state index contributed by atoms with van der Waals surface area (Å²) in [7, 11) is -3.15. The SMILES string of the molecule is CC(C)S(=O)(=O)N[C@H]1CC[C@H](CNc2ccc3sccc3c2)CC1. The molecule has 1 fully saturated rings. The molecule has 0 atom stereocenters. The molecule has 0 aliphatic heterocycles. The van der Waals surface area contributed by atoms with E-state index in [1.54, 1.807) is 25.2 Å². The number of sulfonamides is 1. The second kappa shape index (κ2) is 7.42. The van der Waals surface area contributed by atoms with Gasteiger partial charge in [0.2, 0.25) is 10.0 Å². The molecule has 0 saturated heterocycles. The van der Waals surface area contributed by atoms with Gasteiger partial charge in [0.1, 0.15) is 0 Å². The fraction of sp³-hybridized carbons (Fsp3) is 0.556. The molecule has 0 amide bonds. The fourth-order valence-corrected chi connectivity index (χ4v) is 4.94. The third-order valence-electron chi connectivity index (χ3n) is 4.85. The van der Waals surface area contributed by atoms with Crippen molar-refractivity contribution in [3.63, 3.8) is 0 Å². The number of nitrogens with one attached hydrogen (secondary N) is 2. The molecule has 1 aliphatic rings. The van der Waals surface area contributed by atoms with Gasteiger partial charge in [-0.1, -0.05) is 0 Å². The lowest BCUT2D eigenvalue weighted by Crippen LogP contribution is -2.41. The Kier molecular flexibility index (Phi) is 5.47. The summed E-state index contributed by atoms with van der Waals surface area (Å²) in [4.78, 5) is 0. The number of thiophene rings is 1. The summed E-state index contributed by atoms with van der Waals surface area (Å²) in [5.41, 5.74) is 1.17. The highest BCUT2D eigenvalue weighted by Gasteiger charge is 2.26. The number of rotatable bonds is 6. The Balaban J connectivity index is 1.47. The lowest BCUT2D eigenvalue weighted by atomic mass is 9.86. The minimum Gasteiger partial charge on any atom is -0.385 e. The molecular formula is C18H26N2O2S2. The van der Waals surface area contributed by atoms with Crippen LogP contribution in [0, 0.1) is 5.92 Å². The van der Waals surface area contributed by atoms with Crippen molar-refractivity contribution in [1.82, 2.24) is 4.72 Å². The molecule has 0 radical (unpaired) electrons. The summed E-state index contributed by atoms with van der Waals surface area (Å²) >= 11 is 1.76. The quantitative estimate of drug-likeness (QED) is 0.805. The fourth-order valence-electron chi connectivity index (χ4n) is 3.19. The van der Waals surface area contributed by atoms with Crippen LogP contribution in [0.3, 0.4) is 0 Å². The van der Waals surface area contributed by atoms with Gasteiger partial charge in [0.05, 0.1) is 5.25 Å². The first-order valence-electron chi connectivity index (χ1n) is 8.66. The summed E-state index contributed by atoms with van der Waals surface area (Å²) in [5, 5.41) is 6.59. The monoisotopic (exact) mass is 366 g/mol.